The number of benzene rings is 2. The van der Waals surface area contributed by atoms with Gasteiger partial charge >= 0.3 is 0 Å². The van der Waals surface area contributed by atoms with Gasteiger partial charge in [0.05, 0.1) is 21.0 Å². The molecule has 2 atom stereocenters. The first-order valence-corrected chi connectivity index (χ1v) is 7.62. The van der Waals surface area contributed by atoms with E-state index in [1.807, 2.05) is 0 Å². The Morgan fingerprint density at radius 2 is 0.955 bits per heavy atom. The standard InChI is InChI=1S/C14H10Br2F4N2/c15-7-3-1-5(9(17)11(7)19)13(21)14(22)6-2-4-8(16)12(20)10(6)18/h1-4,13-14H,21-22H2. The van der Waals surface area contributed by atoms with Crippen LogP contribution >= 0.6 is 31.9 Å². The Bertz CT molecular complexity index is 663. The summed E-state index contributed by atoms with van der Waals surface area (Å²) in [4.78, 5) is 0. The van der Waals surface area contributed by atoms with Gasteiger partial charge in [-0.25, -0.2) is 17.6 Å². The molecule has 0 aliphatic carbocycles. The highest BCUT2D eigenvalue weighted by Crippen LogP contribution is 2.32. The molecular weight excluding hydrogens is 432 g/mol. The molecular formula is C14H10Br2F4N2. The fraction of sp³-hybridized carbons (Fsp3) is 0.143. The van der Waals surface area contributed by atoms with E-state index < -0.39 is 35.4 Å². The third-order valence-corrected chi connectivity index (χ3v) is 4.46. The Kier molecular flexibility index (Phi) is 5.26. The SMILES string of the molecule is NC(c1ccc(Br)c(F)c1F)C(N)c1ccc(Br)c(F)c1F. The monoisotopic (exact) mass is 440 g/mol. The first kappa shape index (κ1) is 17.4. The highest BCUT2D eigenvalue weighted by molar-refractivity contribution is 9.10. The Morgan fingerprint density at radius 3 is 1.27 bits per heavy atom. The van der Waals surface area contributed by atoms with Crippen molar-refractivity contribution in [2.45, 2.75) is 12.1 Å². The van der Waals surface area contributed by atoms with Crippen LogP contribution in [0, 0.1) is 23.3 Å². The van der Waals surface area contributed by atoms with Crippen molar-refractivity contribution in [2.75, 3.05) is 0 Å². The zero-order valence-corrected chi connectivity index (χ0v) is 14.1. The third kappa shape index (κ3) is 3.05. The van der Waals surface area contributed by atoms with Crippen molar-refractivity contribution in [3.05, 3.63) is 67.6 Å². The van der Waals surface area contributed by atoms with Crippen molar-refractivity contribution in [2.24, 2.45) is 11.5 Å². The molecule has 0 saturated carbocycles. The van der Waals surface area contributed by atoms with Gasteiger partial charge in [0.1, 0.15) is 0 Å². The zero-order valence-electron chi connectivity index (χ0n) is 10.9. The number of halogens is 6. The van der Waals surface area contributed by atoms with Gasteiger partial charge in [0, 0.05) is 11.1 Å². The smallest absolute Gasteiger partial charge is 0.173 e. The minimum absolute atomic E-state index is 0.0737. The summed E-state index contributed by atoms with van der Waals surface area (Å²) in [5, 5.41) is 0. The van der Waals surface area contributed by atoms with E-state index in [-0.39, 0.29) is 20.1 Å². The molecule has 0 fully saturated rings. The van der Waals surface area contributed by atoms with Gasteiger partial charge in [-0.15, -0.1) is 0 Å². The van der Waals surface area contributed by atoms with Crippen LogP contribution in [0.3, 0.4) is 0 Å². The highest BCUT2D eigenvalue weighted by atomic mass is 79.9. The van der Waals surface area contributed by atoms with Crippen molar-refractivity contribution in [3.63, 3.8) is 0 Å². The second-order valence-electron chi connectivity index (χ2n) is 4.58. The number of rotatable bonds is 3. The summed E-state index contributed by atoms with van der Waals surface area (Å²) in [5.74, 6) is -4.61. The average Bonchev–Trinajstić information content (AvgIpc) is 2.49. The van der Waals surface area contributed by atoms with E-state index in [9.17, 15) is 17.6 Å². The van der Waals surface area contributed by atoms with Gasteiger partial charge in [-0.3, -0.25) is 0 Å². The van der Waals surface area contributed by atoms with Crippen LogP contribution in [0.4, 0.5) is 17.6 Å². The summed E-state index contributed by atoms with van der Waals surface area (Å²) >= 11 is 5.68. The molecule has 8 heteroatoms. The fourth-order valence-electron chi connectivity index (χ4n) is 1.98. The Balaban J connectivity index is 2.44. The minimum Gasteiger partial charge on any atom is -0.322 e. The summed E-state index contributed by atoms with van der Waals surface area (Å²) in [6, 6.07) is 2.49. The van der Waals surface area contributed by atoms with E-state index in [0.29, 0.717) is 0 Å². The Hall–Kier alpha value is -0.960. The maximum Gasteiger partial charge on any atom is 0.173 e. The fourth-order valence-corrected chi connectivity index (χ4v) is 2.60. The predicted octanol–water partition coefficient (Wildman–Crippen LogP) is 4.47. The maximum atomic E-state index is 13.9. The second kappa shape index (κ2) is 6.66. The molecule has 0 radical (unpaired) electrons. The quantitative estimate of drug-likeness (QED) is 0.545. The van der Waals surface area contributed by atoms with Crippen molar-refractivity contribution < 1.29 is 17.6 Å². The number of nitrogens with two attached hydrogens (primary N) is 2. The van der Waals surface area contributed by atoms with Crippen LogP contribution < -0.4 is 11.5 Å². The lowest BCUT2D eigenvalue weighted by molar-refractivity contribution is 0.448. The van der Waals surface area contributed by atoms with Gasteiger partial charge in [-0.2, -0.15) is 0 Å². The molecule has 2 nitrogen and oxygen atoms in total. The first-order chi connectivity index (χ1) is 10.3. The van der Waals surface area contributed by atoms with Crippen molar-refractivity contribution >= 4 is 31.9 Å². The summed E-state index contributed by atoms with van der Waals surface area (Å²) in [6.07, 6.45) is 0. The Morgan fingerprint density at radius 1 is 0.636 bits per heavy atom. The van der Waals surface area contributed by atoms with Crippen LogP contribution in [-0.4, -0.2) is 0 Å². The molecule has 0 saturated heterocycles. The Labute approximate surface area is 140 Å². The third-order valence-electron chi connectivity index (χ3n) is 3.24. The highest BCUT2D eigenvalue weighted by Gasteiger charge is 2.26. The number of hydrogen-bond acceptors (Lipinski definition) is 2. The maximum absolute atomic E-state index is 13.9. The lowest BCUT2D eigenvalue weighted by Crippen LogP contribution is -2.28. The molecule has 0 aliphatic rings. The molecule has 2 aromatic rings. The van der Waals surface area contributed by atoms with Gasteiger partial charge in [0.15, 0.2) is 23.3 Å². The van der Waals surface area contributed by atoms with Crippen LogP contribution in [0.15, 0.2) is 33.2 Å². The van der Waals surface area contributed by atoms with Crippen LogP contribution in [-0.2, 0) is 0 Å². The summed E-state index contributed by atoms with van der Waals surface area (Å²) < 4.78 is 54.8. The normalized spacial score (nSPS) is 14.0. The molecule has 22 heavy (non-hydrogen) atoms. The van der Waals surface area contributed by atoms with Gasteiger partial charge < -0.3 is 11.5 Å². The van der Waals surface area contributed by atoms with Gasteiger partial charge in [-0.05, 0) is 44.0 Å². The average molecular weight is 442 g/mol. The predicted molar refractivity (Wildman–Crippen MR) is 82.0 cm³/mol. The largest absolute Gasteiger partial charge is 0.322 e. The zero-order chi connectivity index (χ0) is 16.6. The molecule has 0 bridgehead atoms. The van der Waals surface area contributed by atoms with Crippen LogP contribution in [0.1, 0.15) is 23.2 Å². The molecule has 0 amide bonds. The van der Waals surface area contributed by atoms with E-state index in [1.54, 1.807) is 0 Å². The van der Waals surface area contributed by atoms with Crippen molar-refractivity contribution in [1.29, 1.82) is 0 Å². The molecule has 118 valence electrons. The number of hydrogen-bond donors (Lipinski definition) is 2. The van der Waals surface area contributed by atoms with E-state index >= 15 is 0 Å². The minimum atomic E-state index is -1.25. The lowest BCUT2D eigenvalue weighted by Gasteiger charge is -2.22. The molecule has 2 rings (SSSR count). The molecule has 2 unspecified atom stereocenters. The van der Waals surface area contributed by atoms with Crippen molar-refractivity contribution in [1.82, 2.24) is 0 Å². The molecule has 0 heterocycles. The summed E-state index contributed by atoms with van der Waals surface area (Å²) in [7, 11) is 0. The lowest BCUT2D eigenvalue weighted by atomic mass is 9.94. The van der Waals surface area contributed by atoms with Crippen LogP contribution in [0.2, 0.25) is 0 Å². The topological polar surface area (TPSA) is 52.0 Å². The van der Waals surface area contributed by atoms with Crippen LogP contribution in [0.25, 0.3) is 0 Å². The van der Waals surface area contributed by atoms with E-state index in [1.165, 1.54) is 24.3 Å². The van der Waals surface area contributed by atoms with E-state index in [2.05, 4.69) is 31.9 Å². The summed E-state index contributed by atoms with van der Waals surface area (Å²) in [5.41, 5.74) is 11.1. The first-order valence-electron chi connectivity index (χ1n) is 6.03. The molecule has 0 spiro atoms. The summed E-state index contributed by atoms with van der Waals surface area (Å²) in [6.45, 7) is 0. The molecule has 0 aromatic heterocycles. The van der Waals surface area contributed by atoms with Gasteiger partial charge in [0.2, 0.25) is 0 Å². The molecule has 0 aliphatic heterocycles. The van der Waals surface area contributed by atoms with Crippen molar-refractivity contribution in [3.8, 4) is 0 Å². The van der Waals surface area contributed by atoms with E-state index in [0.717, 1.165) is 0 Å². The second-order valence-corrected chi connectivity index (χ2v) is 6.29. The molecule has 4 N–H and O–H groups in total. The van der Waals surface area contributed by atoms with Gasteiger partial charge in [-0.1, -0.05) is 12.1 Å². The van der Waals surface area contributed by atoms with E-state index in [4.69, 9.17) is 11.5 Å². The molecule has 2 aromatic carbocycles. The van der Waals surface area contributed by atoms with Crippen LogP contribution in [0.5, 0.6) is 0 Å². The van der Waals surface area contributed by atoms with Gasteiger partial charge in [0.25, 0.3) is 0 Å².